The fourth-order valence-corrected chi connectivity index (χ4v) is 6.15. The molecule has 1 amide bonds. The predicted octanol–water partition coefficient (Wildman–Crippen LogP) is 4.08. The van der Waals surface area contributed by atoms with Crippen LogP contribution in [0.1, 0.15) is 80.1 Å². The van der Waals surface area contributed by atoms with Crippen molar-refractivity contribution in [2.24, 2.45) is 23.2 Å². The SMILES string of the molecule is C.CC(C)[C@H](CN1CCC(C2CCC(Cl)CC2)C(C)(C)C1)NC(=O)CNC1=CC=CCC1.O.O. The number of amides is 1. The van der Waals surface area contributed by atoms with Crippen LogP contribution in [0.25, 0.3) is 0 Å². The van der Waals surface area contributed by atoms with Gasteiger partial charge in [0.25, 0.3) is 0 Å². The van der Waals surface area contributed by atoms with E-state index < -0.39 is 0 Å². The molecule has 200 valence electrons. The van der Waals surface area contributed by atoms with E-state index in [0.29, 0.717) is 23.3 Å². The molecule has 1 saturated heterocycles. The standard InChI is InChI=1S/C26H44ClN3O.CH4.2H2O/c1-19(2)24(29-25(31)16-28-22-8-6-5-7-9-22)17-30-15-14-23(26(3,4)18-30)20-10-12-21(27)13-11-20;;;/h5-6,8,19-21,23-24,28H,7,9-18H2,1-4H3,(H,29,31);1H4;2*1H2/t20?,21?,23?,24-;;;/m0.../s1. The van der Waals surface area contributed by atoms with Crippen molar-refractivity contribution >= 4 is 17.5 Å². The van der Waals surface area contributed by atoms with Gasteiger partial charge in [-0.2, -0.15) is 0 Å². The first-order chi connectivity index (χ1) is 14.7. The maximum Gasteiger partial charge on any atom is 0.239 e. The lowest BCUT2D eigenvalue weighted by molar-refractivity contribution is -0.121. The van der Waals surface area contributed by atoms with E-state index in [1.54, 1.807) is 0 Å². The van der Waals surface area contributed by atoms with E-state index in [2.05, 4.69) is 61.5 Å². The predicted molar refractivity (Wildman–Crippen MR) is 145 cm³/mol. The molecule has 0 radical (unpaired) electrons. The second-order valence-corrected chi connectivity index (χ2v) is 11.7. The molecule has 3 rings (SSSR count). The number of halogens is 1. The van der Waals surface area contributed by atoms with Gasteiger partial charge in [0, 0.05) is 30.2 Å². The van der Waals surface area contributed by atoms with E-state index in [-0.39, 0.29) is 30.3 Å². The molecule has 1 aliphatic heterocycles. The van der Waals surface area contributed by atoms with Gasteiger partial charge in [0.05, 0.1) is 6.54 Å². The lowest BCUT2D eigenvalue weighted by Crippen LogP contribution is -2.54. The van der Waals surface area contributed by atoms with Crippen molar-refractivity contribution in [2.45, 2.75) is 91.5 Å². The Bertz CT molecular complexity index is 658. The summed E-state index contributed by atoms with van der Waals surface area (Å²) in [6.07, 6.45) is 14.6. The topological polar surface area (TPSA) is 107 Å². The minimum absolute atomic E-state index is 0. The number of piperidine rings is 1. The van der Waals surface area contributed by atoms with Crippen LogP contribution in [0.15, 0.2) is 23.9 Å². The molecule has 2 fully saturated rings. The van der Waals surface area contributed by atoms with Gasteiger partial charge in [0.1, 0.15) is 0 Å². The van der Waals surface area contributed by atoms with Gasteiger partial charge in [-0.25, -0.2) is 0 Å². The van der Waals surface area contributed by atoms with Crippen LogP contribution in [0.5, 0.6) is 0 Å². The van der Waals surface area contributed by atoms with Gasteiger partial charge in [0.2, 0.25) is 5.91 Å². The fourth-order valence-electron chi connectivity index (χ4n) is 5.90. The van der Waals surface area contributed by atoms with Gasteiger partial charge >= 0.3 is 0 Å². The van der Waals surface area contributed by atoms with Crippen LogP contribution in [-0.2, 0) is 4.79 Å². The Balaban J connectivity index is 0.00000363. The van der Waals surface area contributed by atoms with Gasteiger partial charge < -0.3 is 26.5 Å². The van der Waals surface area contributed by atoms with E-state index in [1.807, 2.05) is 0 Å². The van der Waals surface area contributed by atoms with Crippen LogP contribution in [0.3, 0.4) is 0 Å². The van der Waals surface area contributed by atoms with Crippen molar-refractivity contribution in [1.29, 1.82) is 0 Å². The highest BCUT2D eigenvalue weighted by Gasteiger charge is 2.41. The molecule has 1 heterocycles. The Morgan fingerprint density at radius 1 is 1.18 bits per heavy atom. The Morgan fingerprint density at radius 2 is 1.85 bits per heavy atom. The Morgan fingerprint density at radius 3 is 2.41 bits per heavy atom. The number of nitrogens with one attached hydrogen (secondary N) is 2. The zero-order chi connectivity index (χ0) is 22.4. The van der Waals surface area contributed by atoms with Crippen molar-refractivity contribution < 1.29 is 15.7 Å². The van der Waals surface area contributed by atoms with Crippen LogP contribution in [-0.4, -0.2) is 59.4 Å². The van der Waals surface area contributed by atoms with Gasteiger partial charge in [-0.05, 0) is 80.7 Å². The molecule has 0 spiro atoms. The molecule has 0 aromatic carbocycles. The Labute approximate surface area is 213 Å². The number of hydrogen-bond acceptors (Lipinski definition) is 3. The molecule has 0 bridgehead atoms. The molecule has 0 aromatic rings. The Hall–Kier alpha value is -1.08. The van der Waals surface area contributed by atoms with Gasteiger partial charge in [0.15, 0.2) is 0 Å². The largest absolute Gasteiger partial charge is 0.412 e. The Kier molecular flexibility index (Phi) is 14.6. The van der Waals surface area contributed by atoms with E-state index in [1.165, 1.54) is 32.1 Å². The summed E-state index contributed by atoms with van der Waals surface area (Å²) in [6.45, 7) is 12.9. The number of hydrogen-bond donors (Lipinski definition) is 2. The second kappa shape index (κ2) is 15.1. The third kappa shape index (κ3) is 9.52. The minimum atomic E-state index is 0. The zero-order valence-corrected chi connectivity index (χ0v) is 21.9. The van der Waals surface area contributed by atoms with Crippen LogP contribution in [0.2, 0.25) is 0 Å². The molecule has 3 aliphatic rings. The van der Waals surface area contributed by atoms with Crippen molar-refractivity contribution in [3.8, 4) is 0 Å². The first kappa shape index (κ1) is 32.9. The van der Waals surface area contributed by atoms with Crippen molar-refractivity contribution in [1.82, 2.24) is 15.5 Å². The summed E-state index contributed by atoms with van der Waals surface area (Å²) in [6, 6.07) is 0.188. The molecular weight excluding hydrogens is 450 g/mol. The van der Waals surface area contributed by atoms with Crippen molar-refractivity contribution in [3.63, 3.8) is 0 Å². The number of allylic oxidation sites excluding steroid dienone is 4. The maximum absolute atomic E-state index is 12.6. The molecule has 2 aliphatic carbocycles. The molecule has 0 aromatic heterocycles. The van der Waals surface area contributed by atoms with Crippen LogP contribution in [0.4, 0.5) is 0 Å². The van der Waals surface area contributed by atoms with E-state index >= 15 is 0 Å². The van der Waals surface area contributed by atoms with Crippen molar-refractivity contribution in [2.75, 3.05) is 26.2 Å². The van der Waals surface area contributed by atoms with E-state index in [9.17, 15) is 4.79 Å². The van der Waals surface area contributed by atoms with Crippen LogP contribution < -0.4 is 10.6 Å². The third-order valence-corrected chi connectivity index (χ3v) is 8.19. The molecule has 2 atom stereocenters. The monoisotopic (exact) mass is 501 g/mol. The number of alkyl halides is 1. The number of carbonyl (C=O) groups excluding carboxylic acids is 1. The third-order valence-electron chi connectivity index (χ3n) is 7.76. The van der Waals surface area contributed by atoms with E-state index in [4.69, 9.17) is 11.6 Å². The fraction of sp³-hybridized carbons (Fsp3) is 0.815. The molecule has 6 N–H and O–H groups in total. The molecule has 7 heteroatoms. The molecule has 34 heavy (non-hydrogen) atoms. The van der Waals surface area contributed by atoms with Gasteiger partial charge in [-0.1, -0.05) is 47.3 Å². The lowest BCUT2D eigenvalue weighted by Gasteiger charge is -2.49. The average molecular weight is 502 g/mol. The van der Waals surface area contributed by atoms with Gasteiger partial charge in [-0.15, -0.1) is 11.6 Å². The lowest BCUT2D eigenvalue weighted by atomic mass is 9.64. The number of rotatable bonds is 8. The molecule has 6 nitrogen and oxygen atoms in total. The highest BCUT2D eigenvalue weighted by molar-refractivity contribution is 6.20. The summed E-state index contributed by atoms with van der Waals surface area (Å²) in [7, 11) is 0. The summed E-state index contributed by atoms with van der Waals surface area (Å²) in [4.78, 5) is 15.2. The summed E-state index contributed by atoms with van der Waals surface area (Å²) in [5.41, 5.74) is 1.47. The normalized spacial score (nSPS) is 27.4. The number of nitrogens with zero attached hydrogens (tertiary/aromatic N) is 1. The van der Waals surface area contributed by atoms with Crippen LogP contribution >= 0.6 is 11.6 Å². The average Bonchev–Trinajstić information content (AvgIpc) is 2.73. The molecule has 1 unspecified atom stereocenters. The first-order valence-electron chi connectivity index (χ1n) is 12.5. The summed E-state index contributed by atoms with van der Waals surface area (Å²) >= 11 is 6.36. The van der Waals surface area contributed by atoms with Gasteiger partial charge in [-0.3, -0.25) is 4.79 Å². The molecular formula is C27H52ClN3O3. The zero-order valence-electron chi connectivity index (χ0n) is 21.1. The summed E-state index contributed by atoms with van der Waals surface area (Å²) < 4.78 is 0. The second-order valence-electron chi connectivity index (χ2n) is 11.1. The highest BCUT2D eigenvalue weighted by Crippen LogP contribution is 2.45. The summed E-state index contributed by atoms with van der Waals surface area (Å²) in [5.74, 6) is 2.14. The number of carbonyl (C=O) groups is 1. The smallest absolute Gasteiger partial charge is 0.239 e. The molecule has 1 saturated carbocycles. The van der Waals surface area contributed by atoms with Crippen molar-refractivity contribution in [3.05, 3.63) is 23.9 Å². The minimum Gasteiger partial charge on any atom is -0.412 e. The highest BCUT2D eigenvalue weighted by atomic mass is 35.5. The quantitative estimate of drug-likeness (QED) is 0.489. The van der Waals surface area contributed by atoms with E-state index in [0.717, 1.165) is 50.0 Å². The van der Waals surface area contributed by atoms with Crippen LogP contribution in [0, 0.1) is 23.2 Å². The summed E-state index contributed by atoms with van der Waals surface area (Å²) in [5, 5.41) is 7.01. The maximum atomic E-state index is 12.6. The first-order valence-corrected chi connectivity index (χ1v) is 12.9. The number of likely N-dealkylation sites (tertiary alicyclic amines) is 1.